The zero-order valence-corrected chi connectivity index (χ0v) is 26.0. The second-order valence-corrected chi connectivity index (χ2v) is 10.3. The molecule has 1 aromatic heterocycles. The molecule has 38 heavy (non-hydrogen) atoms. The highest BCUT2D eigenvalue weighted by Crippen LogP contribution is 2.40. The van der Waals surface area contributed by atoms with Crippen LogP contribution in [0.15, 0.2) is 42.6 Å². The number of allylic oxidation sites excluding steroid dienone is 2. The number of fused-ring (bicyclic) bond motifs is 2. The van der Waals surface area contributed by atoms with Crippen molar-refractivity contribution in [3.63, 3.8) is 0 Å². The molecule has 0 spiro atoms. The van der Waals surface area contributed by atoms with Crippen molar-refractivity contribution in [1.29, 1.82) is 0 Å². The van der Waals surface area contributed by atoms with E-state index in [-0.39, 0.29) is 17.9 Å². The molecule has 0 N–H and O–H groups in total. The predicted molar refractivity (Wildman–Crippen MR) is 169 cm³/mol. The van der Waals surface area contributed by atoms with Crippen LogP contribution in [-0.4, -0.2) is 65.2 Å². The first-order valence-corrected chi connectivity index (χ1v) is 14.9. The Bertz CT molecular complexity index is 1070. The van der Waals surface area contributed by atoms with Gasteiger partial charge in [0.15, 0.2) is 0 Å². The van der Waals surface area contributed by atoms with Gasteiger partial charge in [0, 0.05) is 37.3 Å². The number of nitrogens with zero attached hydrogens (tertiary/aromatic N) is 3. The summed E-state index contributed by atoms with van der Waals surface area (Å²) >= 11 is 3.79. The van der Waals surface area contributed by atoms with E-state index in [1.807, 2.05) is 50.9 Å². The lowest BCUT2D eigenvalue weighted by atomic mass is 9.84. The second kappa shape index (κ2) is 17.3. The van der Waals surface area contributed by atoms with Crippen LogP contribution in [0.1, 0.15) is 78.9 Å². The molecule has 0 saturated heterocycles. The minimum Gasteiger partial charge on any atom is -0.343 e. The molecule has 212 valence electrons. The van der Waals surface area contributed by atoms with Crippen LogP contribution in [0.4, 0.5) is 0 Å². The molecular formula is C32H51N3O2S. The average Bonchev–Trinajstić information content (AvgIpc) is 3.21. The highest BCUT2D eigenvalue weighted by atomic mass is 32.1. The summed E-state index contributed by atoms with van der Waals surface area (Å²) in [4.78, 5) is 28.9. The van der Waals surface area contributed by atoms with Crippen molar-refractivity contribution in [2.24, 2.45) is 5.92 Å². The third-order valence-corrected chi connectivity index (χ3v) is 6.94. The normalized spacial score (nSPS) is 17.7. The second-order valence-electron chi connectivity index (χ2n) is 9.66. The number of rotatable bonds is 6. The molecule has 2 aliphatic rings. The Morgan fingerprint density at radius 2 is 1.84 bits per heavy atom. The molecule has 0 bridgehead atoms. The number of amides is 1. The van der Waals surface area contributed by atoms with Crippen molar-refractivity contribution in [3.8, 4) is 0 Å². The fourth-order valence-electron chi connectivity index (χ4n) is 4.96. The van der Waals surface area contributed by atoms with Gasteiger partial charge in [0.05, 0.1) is 11.4 Å². The molecule has 0 saturated carbocycles. The van der Waals surface area contributed by atoms with Gasteiger partial charge in [0.2, 0.25) is 12.3 Å². The van der Waals surface area contributed by atoms with E-state index in [2.05, 4.69) is 64.1 Å². The van der Waals surface area contributed by atoms with Crippen molar-refractivity contribution < 1.29 is 9.59 Å². The molecule has 1 unspecified atom stereocenters. The Labute approximate surface area is 237 Å². The van der Waals surface area contributed by atoms with Crippen LogP contribution in [0.5, 0.6) is 0 Å². The summed E-state index contributed by atoms with van der Waals surface area (Å²) in [5.74, 6) is 1.22. The fourth-order valence-corrected chi connectivity index (χ4v) is 4.96. The Kier molecular flexibility index (Phi) is 15.4. The summed E-state index contributed by atoms with van der Waals surface area (Å²) in [7, 11) is 2.13. The van der Waals surface area contributed by atoms with E-state index in [4.69, 9.17) is 0 Å². The largest absolute Gasteiger partial charge is 0.343 e. The summed E-state index contributed by atoms with van der Waals surface area (Å²) in [5, 5.41) is 1.19. The number of benzene rings is 1. The average molecular weight is 542 g/mol. The number of hydrogen-bond acceptors (Lipinski definition) is 4. The predicted octanol–water partition coefficient (Wildman–Crippen LogP) is 7.13. The number of likely N-dealkylation sites (N-methyl/N-ethyl adjacent to an activating group) is 1. The molecule has 1 aliphatic heterocycles. The minimum absolute atomic E-state index is 0.00285. The summed E-state index contributed by atoms with van der Waals surface area (Å²) in [6, 6.07) is 6.44. The highest BCUT2D eigenvalue weighted by molar-refractivity contribution is 7.80. The minimum atomic E-state index is 0.00285. The summed E-state index contributed by atoms with van der Waals surface area (Å²) in [6.45, 7) is 20.3. The zero-order chi connectivity index (χ0) is 28.8. The van der Waals surface area contributed by atoms with E-state index in [1.165, 1.54) is 27.7 Å². The van der Waals surface area contributed by atoms with E-state index >= 15 is 0 Å². The SMILES string of the molecule is C=C(C)CC.CC.CCCN(CC)C(=O)[C@@H]1CC=C2c3cccc4c3c(cn4C=O)CC2N(C)C1.CCS. The van der Waals surface area contributed by atoms with Crippen molar-refractivity contribution >= 4 is 41.4 Å². The van der Waals surface area contributed by atoms with Crippen molar-refractivity contribution in [2.45, 2.75) is 80.2 Å². The summed E-state index contributed by atoms with van der Waals surface area (Å²) in [5.41, 5.74) is 5.97. The smallest absolute Gasteiger partial charge is 0.227 e. The van der Waals surface area contributed by atoms with Crippen LogP contribution < -0.4 is 0 Å². The molecule has 1 amide bonds. The van der Waals surface area contributed by atoms with E-state index in [1.54, 1.807) is 4.57 Å². The number of carbonyl (C=O) groups is 2. The van der Waals surface area contributed by atoms with Gasteiger partial charge in [-0.05, 0) is 75.1 Å². The van der Waals surface area contributed by atoms with Crippen LogP contribution in [-0.2, 0) is 16.0 Å². The van der Waals surface area contributed by atoms with Gasteiger partial charge in [-0.3, -0.25) is 19.1 Å². The number of hydrogen-bond donors (Lipinski definition) is 1. The van der Waals surface area contributed by atoms with E-state index in [9.17, 15) is 9.59 Å². The summed E-state index contributed by atoms with van der Waals surface area (Å²) < 4.78 is 1.69. The molecule has 4 rings (SSSR count). The Morgan fingerprint density at radius 1 is 1.21 bits per heavy atom. The van der Waals surface area contributed by atoms with Gasteiger partial charge in [0.25, 0.3) is 0 Å². The molecule has 0 radical (unpaired) electrons. The molecule has 2 heterocycles. The van der Waals surface area contributed by atoms with Crippen molar-refractivity contribution in [3.05, 3.63) is 53.8 Å². The van der Waals surface area contributed by atoms with Gasteiger partial charge in [-0.2, -0.15) is 12.6 Å². The first-order chi connectivity index (χ1) is 18.3. The van der Waals surface area contributed by atoms with Gasteiger partial charge >= 0.3 is 0 Å². The third kappa shape index (κ3) is 8.34. The highest BCUT2D eigenvalue weighted by Gasteiger charge is 2.35. The molecular weight excluding hydrogens is 490 g/mol. The maximum Gasteiger partial charge on any atom is 0.227 e. The Hall–Kier alpha value is -2.31. The van der Waals surface area contributed by atoms with Crippen molar-refractivity contribution in [1.82, 2.24) is 14.4 Å². The van der Waals surface area contributed by atoms with E-state index in [0.717, 1.165) is 63.0 Å². The van der Waals surface area contributed by atoms with Gasteiger partial charge in [-0.25, -0.2) is 0 Å². The number of thiol groups is 1. The first-order valence-electron chi connectivity index (χ1n) is 14.3. The Balaban J connectivity index is 0.000000628. The molecule has 0 fully saturated rings. The molecule has 2 aromatic rings. The zero-order valence-electron chi connectivity index (χ0n) is 25.1. The maximum atomic E-state index is 13.1. The van der Waals surface area contributed by atoms with Crippen LogP contribution in [0.2, 0.25) is 0 Å². The topological polar surface area (TPSA) is 45.6 Å². The Morgan fingerprint density at radius 3 is 2.37 bits per heavy atom. The van der Waals surface area contributed by atoms with Crippen LogP contribution in [0, 0.1) is 5.92 Å². The number of aromatic nitrogens is 1. The quantitative estimate of drug-likeness (QED) is 0.240. The van der Waals surface area contributed by atoms with Gasteiger partial charge in [-0.1, -0.05) is 58.4 Å². The lowest BCUT2D eigenvalue weighted by molar-refractivity contribution is -0.135. The summed E-state index contributed by atoms with van der Waals surface area (Å²) in [6.07, 6.45) is 8.89. The number of carbonyl (C=O) groups excluding carboxylic acids is 2. The van der Waals surface area contributed by atoms with Gasteiger partial charge < -0.3 is 4.90 Å². The van der Waals surface area contributed by atoms with Gasteiger partial charge in [0.1, 0.15) is 0 Å². The lowest BCUT2D eigenvalue weighted by Gasteiger charge is -2.34. The molecule has 1 aromatic carbocycles. The monoisotopic (exact) mass is 541 g/mol. The van der Waals surface area contributed by atoms with Crippen molar-refractivity contribution in [2.75, 3.05) is 32.4 Å². The molecule has 1 aliphatic carbocycles. The molecule has 5 nitrogen and oxygen atoms in total. The molecule has 2 atom stereocenters. The van der Waals surface area contributed by atoms with E-state index in [0.29, 0.717) is 0 Å². The van der Waals surface area contributed by atoms with E-state index < -0.39 is 0 Å². The van der Waals surface area contributed by atoms with Crippen LogP contribution in [0.3, 0.4) is 0 Å². The first kappa shape index (κ1) is 33.7. The molecule has 6 heteroatoms. The standard InChI is InChI=1S/C23H29N3O2.C5H10.C2H6S.C2H6/c1-4-11-25(5-2)23(28)16-9-10-18-19-7-6-8-20-22(19)17(14-26(20)15-27)12-21(18)24(3)13-16;1-4-5(2)3;1-2-3;1-2/h6-8,10,14-16,21H,4-5,9,11-13H2,1-3H3;2,4H2,1,3H3;3H,2H2,1H3;1-2H3/t16-,21?;;;/m1.../s1. The maximum absolute atomic E-state index is 13.1. The van der Waals surface area contributed by atoms with Crippen LogP contribution in [0.25, 0.3) is 16.5 Å². The third-order valence-electron chi connectivity index (χ3n) is 6.94. The van der Waals surface area contributed by atoms with Gasteiger partial charge in [-0.15, -0.1) is 6.58 Å². The lowest BCUT2D eigenvalue weighted by Crippen LogP contribution is -2.43. The van der Waals surface area contributed by atoms with Crippen LogP contribution >= 0.6 is 12.6 Å². The fraction of sp³-hybridized carbons (Fsp3) is 0.562.